The molecule has 8 heteroatoms. The van der Waals surface area contributed by atoms with Crippen LogP contribution in [0.15, 0.2) is 65.6 Å². The third-order valence-electron chi connectivity index (χ3n) is 4.95. The highest BCUT2D eigenvalue weighted by molar-refractivity contribution is 6.01. The second-order valence-corrected chi connectivity index (χ2v) is 6.99. The molecule has 0 bridgehead atoms. The molecule has 0 spiro atoms. The lowest BCUT2D eigenvalue weighted by molar-refractivity contribution is -0.147. The van der Waals surface area contributed by atoms with Gasteiger partial charge < -0.3 is 14.6 Å². The molecule has 0 saturated carbocycles. The van der Waals surface area contributed by atoms with Crippen molar-refractivity contribution in [2.45, 2.75) is 12.8 Å². The lowest BCUT2D eigenvalue weighted by Crippen LogP contribution is -2.22. The fourth-order valence-corrected chi connectivity index (χ4v) is 3.39. The van der Waals surface area contributed by atoms with Gasteiger partial charge in [0.1, 0.15) is 5.82 Å². The van der Waals surface area contributed by atoms with Crippen LogP contribution >= 0.6 is 0 Å². The largest absolute Gasteiger partial charge is 0.456 e. The van der Waals surface area contributed by atoms with E-state index in [1.165, 1.54) is 0 Å². The van der Waals surface area contributed by atoms with E-state index in [9.17, 15) is 14.4 Å². The molecule has 8 nitrogen and oxygen atoms in total. The van der Waals surface area contributed by atoms with Crippen LogP contribution in [0.1, 0.15) is 12.2 Å². The van der Waals surface area contributed by atoms with Gasteiger partial charge in [-0.25, -0.2) is 0 Å². The maximum absolute atomic E-state index is 12.2. The normalized spacial score (nSPS) is 10.9. The van der Waals surface area contributed by atoms with Crippen LogP contribution in [0.5, 0.6) is 0 Å². The molecular weight excluding hydrogens is 396 g/mol. The van der Waals surface area contributed by atoms with Crippen molar-refractivity contribution in [3.05, 3.63) is 77.0 Å². The number of benzene rings is 2. The Morgan fingerprint density at radius 2 is 1.84 bits per heavy atom. The van der Waals surface area contributed by atoms with Crippen LogP contribution in [0.25, 0.3) is 21.8 Å². The standard InChI is InChI=1S/C23H20N4O4/c1-27-19-10-3-2-6-16(19)23(30)26-20(27)11-12-22(29)31-14-21(28)25-18-9-4-8-17-15(18)7-5-13-24-17/h2-10,13H,11-12,14H2,1H3,(H,25,28). The Kier molecular flexibility index (Phi) is 5.70. The number of nitrogens with zero attached hydrogens (tertiary/aromatic N) is 3. The van der Waals surface area contributed by atoms with Crippen LogP contribution in [0, 0.1) is 0 Å². The van der Waals surface area contributed by atoms with Gasteiger partial charge in [-0.3, -0.25) is 19.4 Å². The smallest absolute Gasteiger partial charge is 0.306 e. The highest BCUT2D eigenvalue weighted by Gasteiger charge is 2.13. The monoisotopic (exact) mass is 416 g/mol. The minimum atomic E-state index is -0.544. The van der Waals surface area contributed by atoms with Crippen LogP contribution in [0.4, 0.5) is 5.69 Å². The Morgan fingerprint density at radius 1 is 1.03 bits per heavy atom. The molecule has 4 rings (SSSR count). The predicted molar refractivity (Wildman–Crippen MR) is 117 cm³/mol. The zero-order chi connectivity index (χ0) is 21.8. The molecule has 0 atom stereocenters. The molecule has 0 fully saturated rings. The van der Waals surface area contributed by atoms with Gasteiger partial charge in [0.25, 0.3) is 11.5 Å². The molecule has 0 unspecified atom stereocenters. The molecule has 1 amide bonds. The van der Waals surface area contributed by atoms with Gasteiger partial charge in [-0.15, -0.1) is 0 Å². The quantitative estimate of drug-likeness (QED) is 0.485. The number of fused-ring (bicyclic) bond motifs is 2. The zero-order valence-electron chi connectivity index (χ0n) is 16.9. The lowest BCUT2D eigenvalue weighted by Gasteiger charge is -2.11. The maximum atomic E-state index is 12.2. The van der Waals surface area contributed by atoms with Crippen molar-refractivity contribution in [2.75, 3.05) is 11.9 Å². The van der Waals surface area contributed by atoms with E-state index in [1.54, 1.807) is 48.1 Å². The van der Waals surface area contributed by atoms with E-state index in [2.05, 4.69) is 15.3 Å². The summed E-state index contributed by atoms with van der Waals surface area (Å²) in [5.74, 6) is -0.508. The number of carbonyl (C=O) groups excluding carboxylic acids is 2. The molecular formula is C23H20N4O4. The van der Waals surface area contributed by atoms with Crippen LogP contribution in [-0.2, 0) is 27.8 Å². The second kappa shape index (κ2) is 8.74. The van der Waals surface area contributed by atoms with E-state index in [0.717, 1.165) is 16.4 Å². The number of ether oxygens (including phenoxy) is 1. The minimum absolute atomic E-state index is 0.00406. The average Bonchev–Trinajstić information content (AvgIpc) is 2.79. The number of pyridine rings is 1. The SMILES string of the molecule is Cn1c(CCC(=O)OCC(=O)Nc2cccc3ncccc23)nc(=O)c2ccccc21. The summed E-state index contributed by atoms with van der Waals surface area (Å²) < 4.78 is 6.87. The third-order valence-corrected chi connectivity index (χ3v) is 4.95. The molecule has 0 aliphatic heterocycles. The predicted octanol–water partition coefficient (Wildman–Crippen LogP) is 2.60. The van der Waals surface area contributed by atoms with Gasteiger partial charge in [0, 0.05) is 25.1 Å². The first-order valence-electron chi connectivity index (χ1n) is 9.77. The molecule has 4 aromatic rings. The van der Waals surface area contributed by atoms with Gasteiger partial charge >= 0.3 is 5.97 Å². The third kappa shape index (κ3) is 4.42. The van der Waals surface area contributed by atoms with Crippen molar-refractivity contribution in [1.29, 1.82) is 0 Å². The van der Waals surface area contributed by atoms with E-state index in [0.29, 0.717) is 16.9 Å². The molecule has 156 valence electrons. The molecule has 0 aliphatic carbocycles. The molecule has 0 radical (unpaired) electrons. The summed E-state index contributed by atoms with van der Waals surface area (Å²) in [6.07, 6.45) is 1.91. The summed E-state index contributed by atoms with van der Waals surface area (Å²) in [7, 11) is 1.79. The van der Waals surface area contributed by atoms with Crippen LogP contribution < -0.4 is 10.9 Å². The number of nitrogens with one attached hydrogen (secondary N) is 1. The average molecular weight is 416 g/mol. The number of aryl methyl sites for hydroxylation is 2. The van der Waals surface area contributed by atoms with Crippen molar-refractivity contribution >= 4 is 39.4 Å². The van der Waals surface area contributed by atoms with Crippen LogP contribution in [-0.4, -0.2) is 33.0 Å². The summed E-state index contributed by atoms with van der Waals surface area (Å²) in [5, 5.41) is 4.06. The number of hydrogen-bond donors (Lipinski definition) is 1. The number of hydrogen-bond acceptors (Lipinski definition) is 6. The van der Waals surface area contributed by atoms with Gasteiger partial charge in [0.2, 0.25) is 0 Å². The van der Waals surface area contributed by atoms with E-state index >= 15 is 0 Å². The molecule has 1 N–H and O–H groups in total. The van der Waals surface area contributed by atoms with Crippen molar-refractivity contribution in [2.24, 2.45) is 7.05 Å². The Morgan fingerprint density at radius 3 is 2.71 bits per heavy atom. The number of esters is 1. The molecule has 0 aliphatic rings. The minimum Gasteiger partial charge on any atom is -0.456 e. The number of rotatable bonds is 6. The van der Waals surface area contributed by atoms with Gasteiger partial charge in [0.15, 0.2) is 6.61 Å². The van der Waals surface area contributed by atoms with Gasteiger partial charge in [-0.1, -0.05) is 18.2 Å². The van der Waals surface area contributed by atoms with Gasteiger partial charge in [-0.2, -0.15) is 4.98 Å². The van der Waals surface area contributed by atoms with Gasteiger partial charge in [-0.05, 0) is 36.4 Å². The second-order valence-electron chi connectivity index (χ2n) is 6.99. The molecule has 2 heterocycles. The summed E-state index contributed by atoms with van der Waals surface area (Å²) in [6, 6.07) is 16.2. The number of anilines is 1. The number of carbonyl (C=O) groups is 2. The number of amides is 1. The highest BCUT2D eigenvalue weighted by atomic mass is 16.5. The van der Waals surface area contributed by atoms with E-state index in [1.807, 2.05) is 24.3 Å². The summed E-state index contributed by atoms with van der Waals surface area (Å²) in [4.78, 5) is 44.8. The summed E-state index contributed by atoms with van der Waals surface area (Å²) in [5.41, 5.74) is 1.77. The Hall–Kier alpha value is -4.07. The van der Waals surface area contributed by atoms with E-state index in [4.69, 9.17) is 4.74 Å². The zero-order valence-corrected chi connectivity index (χ0v) is 16.9. The fraction of sp³-hybridized carbons (Fsp3) is 0.174. The number of aromatic nitrogens is 3. The van der Waals surface area contributed by atoms with Crippen LogP contribution in [0.2, 0.25) is 0 Å². The molecule has 2 aromatic heterocycles. The number of para-hydroxylation sites is 1. The molecule has 0 saturated heterocycles. The van der Waals surface area contributed by atoms with Crippen molar-refractivity contribution < 1.29 is 14.3 Å². The Bertz CT molecular complexity index is 1340. The Labute approximate surface area is 177 Å². The van der Waals surface area contributed by atoms with E-state index < -0.39 is 18.5 Å². The Balaban J connectivity index is 1.34. The van der Waals surface area contributed by atoms with Crippen molar-refractivity contribution in [3.8, 4) is 0 Å². The molecule has 2 aromatic carbocycles. The fourth-order valence-electron chi connectivity index (χ4n) is 3.39. The van der Waals surface area contributed by atoms with Crippen LogP contribution in [0.3, 0.4) is 0 Å². The van der Waals surface area contributed by atoms with Gasteiger partial charge in [0.05, 0.1) is 28.5 Å². The first-order chi connectivity index (χ1) is 15.0. The first-order valence-corrected chi connectivity index (χ1v) is 9.77. The van der Waals surface area contributed by atoms with E-state index in [-0.39, 0.29) is 18.4 Å². The van der Waals surface area contributed by atoms with Crippen molar-refractivity contribution in [3.63, 3.8) is 0 Å². The molecule has 31 heavy (non-hydrogen) atoms. The maximum Gasteiger partial charge on any atom is 0.306 e. The first kappa shape index (κ1) is 20.2. The topological polar surface area (TPSA) is 103 Å². The lowest BCUT2D eigenvalue weighted by atomic mass is 10.2. The summed E-state index contributed by atoms with van der Waals surface area (Å²) >= 11 is 0. The summed E-state index contributed by atoms with van der Waals surface area (Å²) in [6.45, 7) is -0.403. The highest BCUT2D eigenvalue weighted by Crippen LogP contribution is 2.21. The van der Waals surface area contributed by atoms with Crippen molar-refractivity contribution in [1.82, 2.24) is 14.5 Å².